The summed E-state index contributed by atoms with van der Waals surface area (Å²) in [6, 6.07) is 12.4. The number of amides is 1. The first-order valence-electron chi connectivity index (χ1n) is 8.40. The smallest absolute Gasteiger partial charge is 0.281 e. The maximum atomic E-state index is 14.1. The van der Waals surface area contributed by atoms with E-state index in [0.29, 0.717) is 16.9 Å². The summed E-state index contributed by atoms with van der Waals surface area (Å²) in [4.78, 5) is 29.2. The van der Waals surface area contributed by atoms with Crippen LogP contribution in [-0.4, -0.2) is 25.5 Å². The molecule has 28 heavy (non-hydrogen) atoms. The molecule has 0 aliphatic rings. The van der Waals surface area contributed by atoms with Crippen LogP contribution in [0.3, 0.4) is 0 Å². The van der Waals surface area contributed by atoms with Crippen LogP contribution in [0.4, 0.5) is 10.1 Å². The van der Waals surface area contributed by atoms with Crippen LogP contribution >= 0.6 is 0 Å². The van der Waals surface area contributed by atoms with E-state index in [2.05, 4.69) is 20.5 Å². The second kappa shape index (κ2) is 6.99. The molecule has 8 heteroatoms. The van der Waals surface area contributed by atoms with Crippen molar-refractivity contribution in [1.82, 2.24) is 19.6 Å². The Morgan fingerprint density at radius 1 is 1.11 bits per heavy atom. The maximum Gasteiger partial charge on any atom is 0.281 e. The van der Waals surface area contributed by atoms with Crippen LogP contribution in [0.25, 0.3) is 16.9 Å². The van der Waals surface area contributed by atoms with Gasteiger partial charge in [0.1, 0.15) is 17.2 Å². The predicted octanol–water partition coefficient (Wildman–Crippen LogP) is 2.85. The molecule has 0 unspecified atom stereocenters. The summed E-state index contributed by atoms with van der Waals surface area (Å²) in [6.45, 7) is 1.79. The molecule has 1 aromatic carbocycles. The van der Waals surface area contributed by atoms with Gasteiger partial charge in [-0.3, -0.25) is 14.0 Å². The van der Waals surface area contributed by atoms with E-state index in [4.69, 9.17) is 0 Å². The normalized spacial score (nSPS) is 10.8. The van der Waals surface area contributed by atoms with Gasteiger partial charge in [-0.2, -0.15) is 10.2 Å². The number of hydrogen-bond acceptors (Lipinski definition) is 5. The number of nitrogens with one attached hydrogen (secondary N) is 1. The first-order valence-corrected chi connectivity index (χ1v) is 8.40. The lowest BCUT2D eigenvalue weighted by Gasteiger charge is -2.08. The van der Waals surface area contributed by atoms with Crippen LogP contribution in [0.15, 0.2) is 65.7 Å². The molecule has 0 aliphatic carbocycles. The monoisotopic (exact) mass is 375 g/mol. The molecule has 3 heterocycles. The lowest BCUT2D eigenvalue weighted by Crippen LogP contribution is -2.23. The molecule has 1 N–H and O–H groups in total. The summed E-state index contributed by atoms with van der Waals surface area (Å²) >= 11 is 0. The molecule has 138 valence electrons. The predicted molar refractivity (Wildman–Crippen MR) is 102 cm³/mol. The van der Waals surface area contributed by atoms with E-state index in [-0.39, 0.29) is 11.3 Å². The van der Waals surface area contributed by atoms with E-state index in [9.17, 15) is 14.0 Å². The number of halogens is 1. The van der Waals surface area contributed by atoms with Gasteiger partial charge in [-0.25, -0.2) is 9.37 Å². The number of carbonyl (C=O) groups is 1. The summed E-state index contributed by atoms with van der Waals surface area (Å²) < 4.78 is 15.4. The first kappa shape index (κ1) is 17.5. The molecule has 3 aromatic heterocycles. The summed E-state index contributed by atoms with van der Waals surface area (Å²) in [5, 5.41) is 10.4. The highest BCUT2D eigenvalue weighted by Gasteiger charge is 2.14. The fourth-order valence-electron chi connectivity index (χ4n) is 2.73. The van der Waals surface area contributed by atoms with Crippen molar-refractivity contribution in [2.45, 2.75) is 6.92 Å². The molecule has 4 aromatic rings. The van der Waals surface area contributed by atoms with Gasteiger partial charge in [0.15, 0.2) is 0 Å². The molecule has 0 atom stereocenters. The van der Waals surface area contributed by atoms with E-state index in [1.165, 1.54) is 22.7 Å². The molecule has 0 spiro atoms. The quantitative estimate of drug-likeness (QED) is 0.595. The molecule has 0 aliphatic heterocycles. The number of hydrogen-bond donors (Lipinski definition) is 1. The molecule has 4 rings (SSSR count). The second-order valence-electron chi connectivity index (χ2n) is 6.15. The van der Waals surface area contributed by atoms with Crippen molar-refractivity contribution in [2.75, 3.05) is 5.32 Å². The van der Waals surface area contributed by atoms with E-state index in [1.807, 2.05) is 0 Å². The van der Waals surface area contributed by atoms with Gasteiger partial charge in [-0.1, -0.05) is 6.07 Å². The molecule has 1 amide bonds. The first-order chi connectivity index (χ1) is 13.5. The number of carbonyl (C=O) groups excluding carboxylic acids is 1. The van der Waals surface area contributed by atoms with Crippen LogP contribution in [0.2, 0.25) is 0 Å². The second-order valence-corrected chi connectivity index (χ2v) is 6.15. The van der Waals surface area contributed by atoms with Crippen molar-refractivity contribution in [3.8, 4) is 11.3 Å². The van der Waals surface area contributed by atoms with Gasteiger partial charge in [0.05, 0.1) is 17.6 Å². The lowest BCUT2D eigenvalue weighted by molar-refractivity contribution is 0.102. The van der Waals surface area contributed by atoms with Crippen LogP contribution < -0.4 is 10.9 Å². The van der Waals surface area contributed by atoms with Crippen molar-refractivity contribution in [2.24, 2.45) is 0 Å². The molecular weight excluding hydrogens is 361 g/mol. The Labute approximate surface area is 158 Å². The number of fused-ring (bicyclic) bond motifs is 1. The number of pyridine rings is 1. The third-order valence-corrected chi connectivity index (χ3v) is 4.12. The zero-order chi connectivity index (χ0) is 19.7. The minimum Gasteiger partial charge on any atom is -0.316 e. The van der Waals surface area contributed by atoms with Crippen molar-refractivity contribution in [3.05, 3.63) is 88.4 Å². The number of anilines is 1. The van der Waals surface area contributed by atoms with Gasteiger partial charge < -0.3 is 5.32 Å². The molecule has 0 radical (unpaired) electrons. The van der Waals surface area contributed by atoms with Gasteiger partial charge in [-0.15, -0.1) is 0 Å². The Hall–Kier alpha value is -3.94. The average molecular weight is 375 g/mol. The molecule has 0 saturated heterocycles. The van der Waals surface area contributed by atoms with E-state index in [1.54, 1.807) is 43.5 Å². The SMILES string of the molecule is Cc1ccc(-c2cc(F)cc(C(=O)Nc3cnc4ccccn4c3=O)c2)nn1. The van der Waals surface area contributed by atoms with Crippen LogP contribution in [0.5, 0.6) is 0 Å². The summed E-state index contributed by atoms with van der Waals surface area (Å²) in [5.41, 5.74) is 1.64. The van der Waals surface area contributed by atoms with Crippen LogP contribution in [-0.2, 0) is 0 Å². The number of benzene rings is 1. The van der Waals surface area contributed by atoms with Gasteiger partial charge in [0.25, 0.3) is 11.5 Å². The van der Waals surface area contributed by atoms with Crippen molar-refractivity contribution < 1.29 is 9.18 Å². The fourth-order valence-corrected chi connectivity index (χ4v) is 2.73. The Morgan fingerprint density at radius 3 is 2.75 bits per heavy atom. The Morgan fingerprint density at radius 2 is 1.96 bits per heavy atom. The summed E-state index contributed by atoms with van der Waals surface area (Å²) in [6.07, 6.45) is 2.83. The minimum absolute atomic E-state index is 0.00496. The topological polar surface area (TPSA) is 89.3 Å². The standard InChI is InChI=1S/C20H14FN5O2/c1-12-5-6-16(25-24-12)13-8-14(10-15(21)9-13)19(27)23-17-11-22-18-4-2-3-7-26(18)20(17)28/h2-11H,1H3,(H,23,27). The summed E-state index contributed by atoms with van der Waals surface area (Å²) in [7, 11) is 0. The third kappa shape index (κ3) is 3.35. The number of nitrogens with zero attached hydrogens (tertiary/aromatic N) is 4. The van der Waals surface area contributed by atoms with E-state index >= 15 is 0 Å². The highest BCUT2D eigenvalue weighted by Crippen LogP contribution is 2.20. The van der Waals surface area contributed by atoms with Gasteiger partial charge in [0.2, 0.25) is 0 Å². The minimum atomic E-state index is -0.629. The molecule has 0 bridgehead atoms. The fraction of sp³-hybridized carbons (Fsp3) is 0.0500. The summed E-state index contributed by atoms with van der Waals surface area (Å²) in [5.74, 6) is -1.23. The molecule has 7 nitrogen and oxygen atoms in total. The van der Waals surface area contributed by atoms with Gasteiger partial charge >= 0.3 is 0 Å². The highest BCUT2D eigenvalue weighted by molar-refractivity contribution is 6.04. The number of rotatable bonds is 3. The van der Waals surface area contributed by atoms with Crippen LogP contribution in [0, 0.1) is 12.7 Å². The van der Waals surface area contributed by atoms with E-state index < -0.39 is 17.3 Å². The largest absolute Gasteiger partial charge is 0.316 e. The van der Waals surface area contributed by atoms with Crippen LogP contribution in [0.1, 0.15) is 16.1 Å². The van der Waals surface area contributed by atoms with E-state index in [0.717, 1.165) is 11.8 Å². The van der Waals surface area contributed by atoms with Gasteiger partial charge in [0, 0.05) is 17.3 Å². The molecule has 0 saturated carbocycles. The zero-order valence-corrected chi connectivity index (χ0v) is 14.8. The number of aryl methyl sites for hydroxylation is 1. The average Bonchev–Trinajstić information content (AvgIpc) is 2.70. The van der Waals surface area contributed by atoms with Crippen molar-refractivity contribution >= 4 is 17.2 Å². The highest BCUT2D eigenvalue weighted by atomic mass is 19.1. The van der Waals surface area contributed by atoms with Crippen molar-refractivity contribution in [1.29, 1.82) is 0 Å². The Kier molecular flexibility index (Phi) is 4.36. The Bertz CT molecular complexity index is 1250. The van der Waals surface area contributed by atoms with Crippen molar-refractivity contribution in [3.63, 3.8) is 0 Å². The maximum absolute atomic E-state index is 14.1. The zero-order valence-electron chi connectivity index (χ0n) is 14.8. The molecular formula is C20H14FN5O2. The van der Waals surface area contributed by atoms with Gasteiger partial charge in [-0.05, 0) is 49.4 Å². The lowest BCUT2D eigenvalue weighted by atomic mass is 10.1. The molecule has 0 fully saturated rings. The Balaban J connectivity index is 1.68. The number of aromatic nitrogens is 4. The third-order valence-electron chi connectivity index (χ3n) is 4.12.